The number of amides is 1. The predicted octanol–water partition coefficient (Wildman–Crippen LogP) is 3.73. The molecule has 0 unspecified atom stereocenters. The zero-order valence-corrected chi connectivity index (χ0v) is 13.2. The quantitative estimate of drug-likeness (QED) is 0.790. The van der Waals surface area contributed by atoms with E-state index in [-0.39, 0.29) is 11.6 Å². The lowest BCUT2D eigenvalue weighted by atomic mass is 10.1. The van der Waals surface area contributed by atoms with Crippen LogP contribution in [0.3, 0.4) is 0 Å². The number of benzene rings is 1. The van der Waals surface area contributed by atoms with Crippen LogP contribution >= 0.6 is 0 Å². The Morgan fingerprint density at radius 1 is 1.16 bits per heavy atom. The van der Waals surface area contributed by atoms with E-state index < -0.39 is 6.43 Å². The van der Waals surface area contributed by atoms with Crippen molar-refractivity contribution >= 4 is 22.8 Å². The molecule has 25 heavy (non-hydrogen) atoms. The van der Waals surface area contributed by atoms with E-state index in [2.05, 4.69) is 15.3 Å². The second-order valence-electron chi connectivity index (χ2n) is 6.53. The molecule has 1 amide bonds. The van der Waals surface area contributed by atoms with Crippen LogP contribution in [0.4, 0.5) is 14.5 Å². The molecule has 2 aromatic heterocycles. The summed E-state index contributed by atoms with van der Waals surface area (Å²) in [5.41, 5.74) is 3.30. The van der Waals surface area contributed by atoms with Crippen molar-refractivity contribution < 1.29 is 13.6 Å². The fraction of sp³-hybridized carbons (Fsp3) is 0.278. The number of rotatable bonds is 3. The summed E-state index contributed by atoms with van der Waals surface area (Å²) in [4.78, 5) is 20.4. The van der Waals surface area contributed by atoms with Crippen LogP contribution in [-0.4, -0.2) is 20.4 Å². The van der Waals surface area contributed by atoms with Crippen molar-refractivity contribution in [3.8, 4) is 5.69 Å². The molecule has 3 aromatic rings. The van der Waals surface area contributed by atoms with Gasteiger partial charge in [0, 0.05) is 17.3 Å². The zero-order chi connectivity index (χ0) is 17.1. The second-order valence-corrected chi connectivity index (χ2v) is 6.53. The van der Waals surface area contributed by atoms with E-state index in [9.17, 15) is 13.6 Å². The summed E-state index contributed by atoms with van der Waals surface area (Å²) >= 11 is 0. The average molecular weight is 340 g/mol. The van der Waals surface area contributed by atoms with Gasteiger partial charge in [-0.05, 0) is 48.7 Å². The monoisotopic (exact) mass is 340 g/mol. The van der Waals surface area contributed by atoms with E-state index >= 15 is 0 Å². The van der Waals surface area contributed by atoms with Gasteiger partial charge in [0.1, 0.15) is 17.0 Å². The first kappa shape index (κ1) is 14.5. The lowest BCUT2D eigenvalue weighted by molar-refractivity contribution is -0.115. The molecule has 1 saturated carbocycles. The van der Waals surface area contributed by atoms with Crippen LogP contribution in [-0.2, 0) is 11.2 Å². The lowest BCUT2D eigenvalue weighted by Gasteiger charge is -2.10. The predicted molar refractivity (Wildman–Crippen MR) is 88.1 cm³/mol. The number of carbonyl (C=O) groups excluding carboxylic acids is 1. The van der Waals surface area contributed by atoms with E-state index in [1.54, 1.807) is 6.07 Å². The maximum Gasteiger partial charge on any atom is 0.280 e. The highest BCUT2D eigenvalue weighted by atomic mass is 19.3. The van der Waals surface area contributed by atoms with Gasteiger partial charge < -0.3 is 5.32 Å². The summed E-state index contributed by atoms with van der Waals surface area (Å²) in [6.45, 7) is 0. The van der Waals surface area contributed by atoms with Crippen molar-refractivity contribution in [2.45, 2.75) is 31.6 Å². The summed E-state index contributed by atoms with van der Waals surface area (Å²) in [7, 11) is 0. The molecule has 0 atom stereocenters. The van der Waals surface area contributed by atoms with Gasteiger partial charge in [0.05, 0.1) is 6.42 Å². The Labute approximate surface area is 141 Å². The molecule has 1 N–H and O–H groups in total. The molecular formula is C18H14F2N4O. The summed E-state index contributed by atoms with van der Waals surface area (Å²) in [6, 6.07) is 8.55. The molecule has 0 saturated heterocycles. The molecule has 5 nitrogen and oxygen atoms in total. The normalized spacial score (nSPS) is 16.5. The summed E-state index contributed by atoms with van der Waals surface area (Å²) in [5, 5.41) is 2.80. The highest BCUT2D eigenvalue weighted by Gasteiger charge is 2.31. The third kappa shape index (κ3) is 2.30. The summed E-state index contributed by atoms with van der Waals surface area (Å²) < 4.78 is 28.0. The van der Waals surface area contributed by atoms with Gasteiger partial charge in [0.2, 0.25) is 5.91 Å². The molecule has 0 radical (unpaired) electrons. The fourth-order valence-corrected chi connectivity index (χ4v) is 3.34. The lowest BCUT2D eigenvalue weighted by Crippen LogP contribution is -2.03. The number of nitrogens with zero attached hydrogens (tertiary/aromatic N) is 3. The third-order valence-electron chi connectivity index (χ3n) is 4.69. The number of nitrogens with one attached hydrogen (secondary N) is 1. The second kappa shape index (κ2) is 5.08. The van der Waals surface area contributed by atoms with Gasteiger partial charge in [-0.15, -0.1) is 0 Å². The Morgan fingerprint density at radius 3 is 2.76 bits per heavy atom. The first-order chi connectivity index (χ1) is 12.1. The van der Waals surface area contributed by atoms with Crippen molar-refractivity contribution in [2.24, 2.45) is 0 Å². The van der Waals surface area contributed by atoms with E-state index in [1.807, 2.05) is 22.8 Å². The number of alkyl halides is 2. The number of hydrogen-bond donors (Lipinski definition) is 1. The van der Waals surface area contributed by atoms with Gasteiger partial charge in [-0.2, -0.15) is 0 Å². The van der Waals surface area contributed by atoms with Gasteiger partial charge in [0.25, 0.3) is 6.43 Å². The van der Waals surface area contributed by atoms with Crippen molar-refractivity contribution in [2.75, 3.05) is 5.32 Å². The smallest absolute Gasteiger partial charge is 0.280 e. The van der Waals surface area contributed by atoms with Crippen LogP contribution in [0.1, 0.15) is 42.3 Å². The Hall–Kier alpha value is -2.83. The Balaban J connectivity index is 1.74. The maximum atomic E-state index is 13.1. The van der Waals surface area contributed by atoms with Gasteiger partial charge >= 0.3 is 0 Å². The summed E-state index contributed by atoms with van der Waals surface area (Å²) in [6.07, 6.45) is -0.227. The van der Waals surface area contributed by atoms with E-state index in [4.69, 9.17) is 0 Å². The highest BCUT2D eigenvalue weighted by molar-refractivity contribution is 5.99. The van der Waals surface area contributed by atoms with Crippen LogP contribution in [0.25, 0.3) is 16.9 Å². The van der Waals surface area contributed by atoms with Crippen LogP contribution in [0.5, 0.6) is 0 Å². The van der Waals surface area contributed by atoms with Crippen LogP contribution in [0.15, 0.2) is 30.3 Å². The molecule has 1 aromatic carbocycles. The number of carbonyl (C=O) groups is 1. The fourth-order valence-electron chi connectivity index (χ4n) is 3.34. The molecule has 3 heterocycles. The third-order valence-corrected chi connectivity index (χ3v) is 4.69. The Morgan fingerprint density at radius 2 is 2.00 bits per heavy atom. The molecule has 2 aliphatic rings. The average Bonchev–Trinajstić information content (AvgIpc) is 3.26. The summed E-state index contributed by atoms with van der Waals surface area (Å²) in [5.74, 6) is 1.14. The number of aromatic nitrogens is 3. The van der Waals surface area contributed by atoms with Gasteiger partial charge in [-0.1, -0.05) is 0 Å². The van der Waals surface area contributed by atoms with Crippen LogP contribution in [0, 0.1) is 0 Å². The van der Waals surface area contributed by atoms with Gasteiger partial charge in [0.15, 0.2) is 5.65 Å². The number of anilines is 1. The molecule has 5 rings (SSSR count). The number of fused-ring (bicyclic) bond motifs is 2. The van der Waals surface area contributed by atoms with E-state index in [1.165, 1.54) is 6.07 Å². The molecule has 1 aliphatic carbocycles. The number of imidazole rings is 1. The highest BCUT2D eigenvalue weighted by Crippen LogP contribution is 2.42. The minimum atomic E-state index is -2.63. The van der Waals surface area contributed by atoms with Gasteiger partial charge in [-0.3, -0.25) is 9.36 Å². The topological polar surface area (TPSA) is 59.8 Å². The van der Waals surface area contributed by atoms with Crippen LogP contribution < -0.4 is 5.32 Å². The van der Waals surface area contributed by atoms with Crippen molar-refractivity contribution in [1.29, 1.82) is 0 Å². The number of pyridine rings is 1. The van der Waals surface area contributed by atoms with E-state index in [0.717, 1.165) is 35.6 Å². The molecule has 0 bridgehead atoms. The Bertz CT molecular complexity index is 1020. The molecule has 1 aliphatic heterocycles. The standard InChI is InChI=1S/C18H14F2N4O/c19-16(20)13-5-6-14-18(22-13)24(17(23-14)9-1-2-9)11-3-4-12-10(7-11)8-15(25)21-12/h3-7,9,16H,1-2,8H2,(H,21,25). The first-order valence-electron chi connectivity index (χ1n) is 8.21. The maximum absolute atomic E-state index is 13.1. The first-order valence-corrected chi connectivity index (χ1v) is 8.21. The van der Waals surface area contributed by atoms with Crippen molar-refractivity contribution in [3.63, 3.8) is 0 Å². The molecule has 7 heteroatoms. The SMILES string of the molecule is O=C1Cc2cc(-n3c(C4CC4)nc4ccc(C(F)F)nc43)ccc2N1. The Kier molecular flexibility index (Phi) is 2.95. The zero-order valence-electron chi connectivity index (χ0n) is 13.2. The minimum Gasteiger partial charge on any atom is -0.326 e. The van der Waals surface area contributed by atoms with E-state index in [0.29, 0.717) is 23.5 Å². The van der Waals surface area contributed by atoms with Gasteiger partial charge in [-0.25, -0.2) is 18.7 Å². The number of halogens is 2. The largest absolute Gasteiger partial charge is 0.326 e. The van der Waals surface area contributed by atoms with Crippen molar-refractivity contribution in [1.82, 2.24) is 14.5 Å². The molecular weight excluding hydrogens is 326 g/mol. The molecule has 1 fully saturated rings. The van der Waals surface area contributed by atoms with Crippen molar-refractivity contribution in [3.05, 3.63) is 47.4 Å². The molecule has 0 spiro atoms. The van der Waals surface area contributed by atoms with Crippen LogP contribution in [0.2, 0.25) is 0 Å². The minimum absolute atomic E-state index is 0.0387. The molecule has 126 valence electrons. The number of hydrogen-bond acceptors (Lipinski definition) is 3.